The van der Waals surface area contributed by atoms with Crippen molar-refractivity contribution in [1.29, 1.82) is 0 Å². The zero-order valence-corrected chi connectivity index (χ0v) is 13.4. The first-order chi connectivity index (χ1) is 8.56. The summed E-state index contributed by atoms with van der Waals surface area (Å²) in [6, 6.07) is -0.725. The highest BCUT2D eigenvalue weighted by Crippen LogP contribution is 2.07. The lowest BCUT2D eigenvalue weighted by molar-refractivity contribution is -0.119. The summed E-state index contributed by atoms with van der Waals surface area (Å²) < 4.78 is 5.07. The molecule has 0 aliphatic rings. The van der Waals surface area contributed by atoms with Crippen LogP contribution in [0.15, 0.2) is 4.99 Å². The number of amides is 2. The van der Waals surface area contributed by atoms with Crippen LogP contribution in [0.5, 0.6) is 0 Å². The van der Waals surface area contributed by atoms with Crippen molar-refractivity contribution in [3.8, 4) is 0 Å². The van der Waals surface area contributed by atoms with E-state index < -0.39 is 23.6 Å². The van der Waals surface area contributed by atoms with Gasteiger partial charge in [0, 0.05) is 14.1 Å². The Bertz CT molecular complexity index is 362. The highest BCUT2D eigenvalue weighted by molar-refractivity contribution is 8.13. The van der Waals surface area contributed by atoms with Gasteiger partial charge in [-0.1, -0.05) is 11.8 Å². The molecule has 0 spiro atoms. The average molecular weight is 289 g/mol. The molecule has 1 atom stereocenters. The molecule has 0 fully saturated rings. The molecule has 0 saturated heterocycles. The smallest absolute Gasteiger partial charge is 0.408 e. The number of hydrogen-bond donors (Lipinski definition) is 1. The normalized spacial score (nSPS) is 13.7. The van der Waals surface area contributed by atoms with Gasteiger partial charge < -0.3 is 15.0 Å². The maximum Gasteiger partial charge on any atom is 0.408 e. The summed E-state index contributed by atoms with van der Waals surface area (Å²) in [4.78, 5) is 29.0. The summed E-state index contributed by atoms with van der Waals surface area (Å²) in [7, 11) is 3.60. The molecule has 0 unspecified atom stereocenters. The molecule has 7 heteroatoms. The molecule has 0 aromatic rings. The standard InChI is InChI=1S/C12H23N3O3S/c1-8(13-11(17)18-12(2,3)4)9(16)14-10(19-7)15(5)6/h8H,1-7H3,(H,13,17)/b14-10+/t8-/m0/s1. The van der Waals surface area contributed by atoms with Crippen LogP contribution in [0.3, 0.4) is 0 Å². The molecule has 19 heavy (non-hydrogen) atoms. The van der Waals surface area contributed by atoms with Crippen LogP contribution < -0.4 is 5.32 Å². The lowest BCUT2D eigenvalue weighted by Crippen LogP contribution is -2.41. The molecule has 2 amide bonds. The van der Waals surface area contributed by atoms with Gasteiger partial charge in [0.15, 0.2) is 5.17 Å². The lowest BCUT2D eigenvalue weighted by atomic mass is 10.2. The molecule has 0 radical (unpaired) electrons. The number of nitrogens with zero attached hydrogens (tertiary/aromatic N) is 2. The highest BCUT2D eigenvalue weighted by Gasteiger charge is 2.21. The van der Waals surface area contributed by atoms with Gasteiger partial charge in [-0.15, -0.1) is 0 Å². The van der Waals surface area contributed by atoms with E-state index in [-0.39, 0.29) is 0 Å². The highest BCUT2D eigenvalue weighted by atomic mass is 32.2. The molecule has 0 saturated carbocycles. The van der Waals surface area contributed by atoms with Crippen molar-refractivity contribution in [1.82, 2.24) is 10.2 Å². The monoisotopic (exact) mass is 289 g/mol. The number of nitrogens with one attached hydrogen (secondary N) is 1. The number of alkyl carbamates (subject to hydrolysis) is 1. The minimum atomic E-state index is -0.725. The van der Waals surface area contributed by atoms with E-state index in [0.29, 0.717) is 5.17 Å². The van der Waals surface area contributed by atoms with Crippen LogP contribution in [-0.2, 0) is 9.53 Å². The Morgan fingerprint density at radius 3 is 2.21 bits per heavy atom. The Labute approximate surface area is 119 Å². The number of thioether (sulfide) groups is 1. The van der Waals surface area contributed by atoms with E-state index in [4.69, 9.17) is 4.74 Å². The molecule has 0 aromatic carbocycles. The Hall–Kier alpha value is -1.24. The lowest BCUT2D eigenvalue weighted by Gasteiger charge is -2.21. The van der Waals surface area contributed by atoms with E-state index in [2.05, 4.69) is 10.3 Å². The van der Waals surface area contributed by atoms with Crippen LogP contribution >= 0.6 is 11.8 Å². The van der Waals surface area contributed by atoms with Crippen molar-refractivity contribution in [3.05, 3.63) is 0 Å². The number of carbonyl (C=O) groups excluding carboxylic acids is 2. The van der Waals surface area contributed by atoms with E-state index in [1.54, 1.807) is 46.7 Å². The molecular weight excluding hydrogens is 266 g/mol. The van der Waals surface area contributed by atoms with Gasteiger partial charge in [0.2, 0.25) is 0 Å². The van der Waals surface area contributed by atoms with Crippen LogP contribution in [0.25, 0.3) is 0 Å². The summed E-state index contributed by atoms with van der Waals surface area (Å²) >= 11 is 1.36. The fraction of sp³-hybridized carbons (Fsp3) is 0.750. The first-order valence-corrected chi connectivity index (χ1v) is 7.12. The van der Waals surface area contributed by atoms with Gasteiger partial charge in [-0.2, -0.15) is 4.99 Å². The van der Waals surface area contributed by atoms with Crippen molar-refractivity contribution in [3.63, 3.8) is 0 Å². The summed E-state index contributed by atoms with van der Waals surface area (Å²) in [6.07, 6.45) is 1.21. The molecule has 0 aliphatic carbocycles. The van der Waals surface area contributed by atoms with Crippen molar-refractivity contribution in [2.75, 3.05) is 20.4 Å². The topological polar surface area (TPSA) is 71.0 Å². The molecule has 6 nitrogen and oxygen atoms in total. The van der Waals surface area contributed by atoms with Gasteiger partial charge in [-0.25, -0.2) is 4.79 Å². The van der Waals surface area contributed by atoms with E-state index in [9.17, 15) is 9.59 Å². The summed E-state index contributed by atoms with van der Waals surface area (Å²) in [6.45, 7) is 6.85. The summed E-state index contributed by atoms with van der Waals surface area (Å²) in [5.41, 5.74) is -0.593. The first-order valence-electron chi connectivity index (χ1n) is 5.90. The van der Waals surface area contributed by atoms with Gasteiger partial charge in [0.25, 0.3) is 5.91 Å². The van der Waals surface area contributed by atoms with Crippen molar-refractivity contribution < 1.29 is 14.3 Å². The fourth-order valence-corrected chi connectivity index (χ4v) is 1.61. The maximum atomic E-state index is 11.8. The van der Waals surface area contributed by atoms with Gasteiger partial charge in [-0.05, 0) is 34.0 Å². The number of hydrogen-bond acceptors (Lipinski definition) is 4. The van der Waals surface area contributed by atoms with E-state index in [1.165, 1.54) is 11.8 Å². The minimum Gasteiger partial charge on any atom is -0.444 e. The first kappa shape index (κ1) is 17.8. The predicted octanol–water partition coefficient (Wildman–Crippen LogP) is 1.71. The molecule has 110 valence electrons. The van der Waals surface area contributed by atoms with Crippen molar-refractivity contribution >= 4 is 28.9 Å². The third-order valence-electron chi connectivity index (χ3n) is 1.87. The van der Waals surface area contributed by atoms with Crippen molar-refractivity contribution in [2.45, 2.75) is 39.3 Å². The number of rotatable bonds is 2. The quantitative estimate of drug-likeness (QED) is 0.619. The average Bonchev–Trinajstić information content (AvgIpc) is 2.21. The SMILES string of the molecule is CS/C(=N/C(=O)[C@H](C)NC(=O)OC(C)(C)C)N(C)C. The van der Waals surface area contributed by atoms with Gasteiger partial charge >= 0.3 is 6.09 Å². The van der Waals surface area contributed by atoms with Gasteiger partial charge in [0.05, 0.1) is 0 Å². The fourth-order valence-electron chi connectivity index (χ4n) is 1.07. The third-order valence-corrected chi connectivity index (χ3v) is 2.70. The number of ether oxygens (including phenoxy) is 1. The molecule has 0 rings (SSSR count). The summed E-state index contributed by atoms with van der Waals surface area (Å²) in [5, 5.41) is 3.04. The molecule has 1 N–H and O–H groups in total. The number of carbonyl (C=O) groups is 2. The molecule has 0 aliphatic heterocycles. The Balaban J connectivity index is 4.55. The zero-order valence-electron chi connectivity index (χ0n) is 12.6. The summed E-state index contributed by atoms with van der Waals surface area (Å²) in [5.74, 6) is -0.413. The second-order valence-corrected chi connectivity index (χ2v) is 5.97. The Kier molecular flexibility index (Phi) is 6.89. The van der Waals surface area contributed by atoms with E-state index in [0.717, 1.165) is 0 Å². The van der Waals surface area contributed by atoms with E-state index >= 15 is 0 Å². The van der Waals surface area contributed by atoms with Crippen LogP contribution in [-0.4, -0.2) is 54.1 Å². The predicted molar refractivity (Wildman–Crippen MR) is 78.5 cm³/mol. The minimum absolute atomic E-state index is 0.413. The van der Waals surface area contributed by atoms with E-state index in [1.807, 2.05) is 6.26 Å². The second-order valence-electron chi connectivity index (χ2n) is 5.20. The van der Waals surface area contributed by atoms with Crippen molar-refractivity contribution in [2.24, 2.45) is 4.99 Å². The van der Waals surface area contributed by atoms with Crippen LogP contribution in [0, 0.1) is 0 Å². The number of amidine groups is 1. The van der Waals surface area contributed by atoms with Crippen LogP contribution in [0.1, 0.15) is 27.7 Å². The Morgan fingerprint density at radius 1 is 1.32 bits per heavy atom. The molecule has 0 aromatic heterocycles. The van der Waals surface area contributed by atoms with Gasteiger partial charge in [-0.3, -0.25) is 4.79 Å². The zero-order chi connectivity index (χ0) is 15.2. The second kappa shape index (κ2) is 7.37. The van der Waals surface area contributed by atoms with Gasteiger partial charge in [0.1, 0.15) is 11.6 Å². The molecule has 0 bridgehead atoms. The molecular formula is C12H23N3O3S. The largest absolute Gasteiger partial charge is 0.444 e. The van der Waals surface area contributed by atoms with Crippen LogP contribution in [0.4, 0.5) is 4.79 Å². The Morgan fingerprint density at radius 2 is 1.84 bits per heavy atom. The number of aliphatic imine (C=N–C) groups is 1. The molecule has 0 heterocycles. The third kappa shape index (κ3) is 7.71. The van der Waals surface area contributed by atoms with Crippen LogP contribution in [0.2, 0.25) is 0 Å². The maximum absolute atomic E-state index is 11.8.